The second-order valence-electron chi connectivity index (χ2n) is 4.53. The largest absolute Gasteiger partial charge is 0.492 e. The van der Waals surface area contributed by atoms with Gasteiger partial charge in [0.1, 0.15) is 12.4 Å². The predicted octanol–water partition coefficient (Wildman–Crippen LogP) is 4.30. The van der Waals surface area contributed by atoms with Crippen LogP contribution in [0.3, 0.4) is 0 Å². The van der Waals surface area contributed by atoms with Crippen molar-refractivity contribution in [1.82, 2.24) is 5.32 Å². The van der Waals surface area contributed by atoms with Crippen LogP contribution in [0.1, 0.15) is 16.0 Å². The van der Waals surface area contributed by atoms with E-state index in [4.69, 9.17) is 4.74 Å². The van der Waals surface area contributed by atoms with Crippen LogP contribution >= 0.6 is 27.3 Å². The number of halogens is 1. The van der Waals surface area contributed by atoms with E-state index in [0.29, 0.717) is 6.61 Å². The third-order valence-electron chi connectivity index (χ3n) is 2.79. The van der Waals surface area contributed by atoms with Crippen LogP contribution in [0.5, 0.6) is 5.75 Å². The van der Waals surface area contributed by atoms with Gasteiger partial charge in [0.25, 0.3) is 0 Å². The number of ether oxygens (including phenoxy) is 1. The van der Waals surface area contributed by atoms with Crippen molar-refractivity contribution in [2.75, 3.05) is 13.2 Å². The van der Waals surface area contributed by atoms with Crippen molar-refractivity contribution in [3.63, 3.8) is 0 Å². The smallest absolute Gasteiger partial charge is 0.122 e. The Hall–Kier alpha value is -0.840. The molecule has 0 spiro atoms. The van der Waals surface area contributed by atoms with Crippen molar-refractivity contribution in [3.05, 3.63) is 50.1 Å². The number of rotatable bonds is 6. The summed E-state index contributed by atoms with van der Waals surface area (Å²) in [4.78, 5) is 1.33. The molecule has 0 radical (unpaired) electrons. The van der Waals surface area contributed by atoms with Crippen LogP contribution in [-0.2, 0) is 6.54 Å². The van der Waals surface area contributed by atoms with Gasteiger partial charge in [-0.2, -0.15) is 0 Å². The molecule has 19 heavy (non-hydrogen) atoms. The molecule has 102 valence electrons. The molecule has 0 saturated carbocycles. The molecule has 1 aromatic heterocycles. The second kappa shape index (κ2) is 7.08. The summed E-state index contributed by atoms with van der Waals surface area (Å²) in [5, 5.41) is 5.48. The van der Waals surface area contributed by atoms with E-state index in [0.717, 1.165) is 23.3 Å². The topological polar surface area (TPSA) is 21.3 Å². The molecule has 0 aliphatic carbocycles. The molecule has 1 N–H and O–H groups in total. The lowest BCUT2D eigenvalue weighted by molar-refractivity contribution is 0.312. The maximum Gasteiger partial charge on any atom is 0.122 e. The zero-order chi connectivity index (χ0) is 13.7. The summed E-state index contributed by atoms with van der Waals surface area (Å²) in [6, 6.07) is 8.41. The molecular weight excluding hydrogens is 322 g/mol. The van der Waals surface area contributed by atoms with Crippen LogP contribution in [0.25, 0.3) is 0 Å². The fraction of sp³-hybridized carbons (Fsp3) is 0.333. The average Bonchev–Trinajstić information content (AvgIpc) is 2.77. The van der Waals surface area contributed by atoms with Crippen molar-refractivity contribution < 1.29 is 4.74 Å². The molecule has 0 fully saturated rings. The van der Waals surface area contributed by atoms with Gasteiger partial charge in [0.05, 0.1) is 0 Å². The van der Waals surface area contributed by atoms with Gasteiger partial charge in [0.15, 0.2) is 0 Å². The molecule has 1 aromatic carbocycles. The summed E-state index contributed by atoms with van der Waals surface area (Å²) >= 11 is 5.21. The molecule has 2 rings (SSSR count). The predicted molar refractivity (Wildman–Crippen MR) is 85.1 cm³/mol. The summed E-state index contributed by atoms with van der Waals surface area (Å²) < 4.78 is 6.92. The van der Waals surface area contributed by atoms with Gasteiger partial charge in [-0.05, 0) is 47.5 Å². The minimum atomic E-state index is 0.691. The molecule has 0 unspecified atom stereocenters. The number of aryl methyl sites for hydroxylation is 2. The molecular formula is C15H18BrNOS. The Balaban J connectivity index is 1.69. The van der Waals surface area contributed by atoms with Gasteiger partial charge in [0, 0.05) is 27.8 Å². The van der Waals surface area contributed by atoms with Crippen molar-refractivity contribution in [2.24, 2.45) is 0 Å². The molecule has 2 nitrogen and oxygen atoms in total. The van der Waals surface area contributed by atoms with Gasteiger partial charge in [-0.3, -0.25) is 0 Å². The third kappa shape index (κ3) is 4.64. The standard InChI is InChI=1S/C15H18BrNOS/c1-11-3-4-15(12(2)7-11)18-6-5-17-9-14-8-13(16)10-19-14/h3-4,7-8,10,17H,5-6,9H2,1-2H3. The van der Waals surface area contributed by atoms with Gasteiger partial charge in [-0.15, -0.1) is 11.3 Å². The second-order valence-corrected chi connectivity index (χ2v) is 6.44. The first-order valence-corrected chi connectivity index (χ1v) is 7.96. The average molecular weight is 340 g/mol. The van der Waals surface area contributed by atoms with E-state index in [9.17, 15) is 0 Å². The zero-order valence-electron chi connectivity index (χ0n) is 11.2. The van der Waals surface area contributed by atoms with E-state index in [2.05, 4.69) is 58.7 Å². The molecule has 0 amide bonds. The van der Waals surface area contributed by atoms with Crippen LogP contribution in [0.2, 0.25) is 0 Å². The molecule has 0 saturated heterocycles. The normalized spacial score (nSPS) is 10.7. The Bertz CT molecular complexity index is 539. The summed E-state index contributed by atoms with van der Waals surface area (Å²) in [5.74, 6) is 0.978. The first-order valence-electron chi connectivity index (χ1n) is 6.29. The fourth-order valence-electron chi connectivity index (χ4n) is 1.85. The highest BCUT2D eigenvalue weighted by Crippen LogP contribution is 2.20. The van der Waals surface area contributed by atoms with Gasteiger partial charge in [-0.1, -0.05) is 17.7 Å². The van der Waals surface area contributed by atoms with Crippen molar-refractivity contribution in [2.45, 2.75) is 20.4 Å². The van der Waals surface area contributed by atoms with Gasteiger partial charge < -0.3 is 10.1 Å². The van der Waals surface area contributed by atoms with E-state index in [1.165, 1.54) is 16.0 Å². The first kappa shape index (κ1) is 14.6. The van der Waals surface area contributed by atoms with E-state index in [1.54, 1.807) is 11.3 Å². The molecule has 0 atom stereocenters. The lowest BCUT2D eigenvalue weighted by atomic mass is 10.1. The van der Waals surface area contributed by atoms with Crippen LogP contribution in [0.15, 0.2) is 34.1 Å². The minimum absolute atomic E-state index is 0.691. The Morgan fingerprint density at radius 1 is 1.26 bits per heavy atom. The number of thiophene rings is 1. The summed E-state index contributed by atoms with van der Waals surface area (Å²) in [5.41, 5.74) is 2.47. The highest BCUT2D eigenvalue weighted by atomic mass is 79.9. The summed E-state index contributed by atoms with van der Waals surface area (Å²) in [7, 11) is 0. The molecule has 1 heterocycles. The molecule has 0 bridgehead atoms. The molecule has 4 heteroatoms. The third-order valence-corrected chi connectivity index (χ3v) is 4.49. The minimum Gasteiger partial charge on any atom is -0.492 e. The summed E-state index contributed by atoms with van der Waals surface area (Å²) in [6.45, 7) is 6.61. The Morgan fingerprint density at radius 2 is 2.11 bits per heavy atom. The quantitative estimate of drug-likeness (QED) is 0.792. The SMILES string of the molecule is Cc1ccc(OCCNCc2cc(Br)cs2)c(C)c1. The van der Waals surface area contributed by atoms with Crippen LogP contribution in [0, 0.1) is 13.8 Å². The zero-order valence-corrected chi connectivity index (χ0v) is 13.6. The number of benzene rings is 1. The fourth-order valence-corrected chi connectivity index (χ4v) is 3.27. The van der Waals surface area contributed by atoms with Crippen molar-refractivity contribution in [1.29, 1.82) is 0 Å². The van der Waals surface area contributed by atoms with Crippen LogP contribution in [0.4, 0.5) is 0 Å². The molecule has 0 aliphatic rings. The van der Waals surface area contributed by atoms with Crippen LogP contribution in [-0.4, -0.2) is 13.2 Å². The number of nitrogens with one attached hydrogen (secondary N) is 1. The highest BCUT2D eigenvalue weighted by Gasteiger charge is 2.00. The Labute approximate surface area is 126 Å². The van der Waals surface area contributed by atoms with E-state index >= 15 is 0 Å². The van der Waals surface area contributed by atoms with Gasteiger partial charge in [-0.25, -0.2) is 0 Å². The Kier molecular flexibility index (Phi) is 5.43. The maximum absolute atomic E-state index is 5.77. The van der Waals surface area contributed by atoms with E-state index in [1.807, 2.05) is 6.07 Å². The molecule has 0 aliphatic heterocycles. The van der Waals surface area contributed by atoms with Crippen LogP contribution < -0.4 is 10.1 Å². The van der Waals surface area contributed by atoms with Crippen molar-refractivity contribution >= 4 is 27.3 Å². The van der Waals surface area contributed by atoms with Crippen molar-refractivity contribution in [3.8, 4) is 5.75 Å². The number of hydrogen-bond donors (Lipinski definition) is 1. The monoisotopic (exact) mass is 339 g/mol. The van der Waals surface area contributed by atoms with E-state index < -0.39 is 0 Å². The van der Waals surface area contributed by atoms with Gasteiger partial charge >= 0.3 is 0 Å². The first-order chi connectivity index (χ1) is 9.15. The molecule has 2 aromatic rings. The summed E-state index contributed by atoms with van der Waals surface area (Å²) in [6.07, 6.45) is 0. The highest BCUT2D eigenvalue weighted by molar-refractivity contribution is 9.10. The Morgan fingerprint density at radius 3 is 2.79 bits per heavy atom. The lowest BCUT2D eigenvalue weighted by Gasteiger charge is -2.10. The van der Waals surface area contributed by atoms with E-state index in [-0.39, 0.29) is 0 Å². The number of hydrogen-bond acceptors (Lipinski definition) is 3. The lowest BCUT2D eigenvalue weighted by Crippen LogP contribution is -2.20. The maximum atomic E-state index is 5.77. The van der Waals surface area contributed by atoms with Gasteiger partial charge in [0.2, 0.25) is 0 Å².